The van der Waals surface area contributed by atoms with Crippen LogP contribution in [-0.4, -0.2) is 46.5 Å². The Morgan fingerprint density at radius 1 is 1.12 bits per heavy atom. The van der Waals surface area contributed by atoms with Crippen molar-refractivity contribution in [2.45, 2.75) is 32.7 Å². The minimum atomic E-state index is -0.302. The number of carbonyl (C=O) groups is 1. The molecule has 0 bridgehead atoms. The Hall–Kier alpha value is -3.48. The van der Waals surface area contributed by atoms with Gasteiger partial charge in [0.05, 0.1) is 0 Å². The molecule has 3 aromatic rings. The van der Waals surface area contributed by atoms with Crippen molar-refractivity contribution >= 4 is 11.7 Å². The minimum absolute atomic E-state index is 0.0747. The Balaban J connectivity index is 1.36. The van der Waals surface area contributed by atoms with E-state index in [-0.39, 0.29) is 17.8 Å². The Bertz CT molecular complexity index is 1080. The van der Waals surface area contributed by atoms with Gasteiger partial charge in [0.15, 0.2) is 0 Å². The normalized spacial score (nSPS) is 16.2. The molecular weight excluding hydrogens is 407 g/mol. The Labute approximate surface area is 187 Å². The van der Waals surface area contributed by atoms with Gasteiger partial charge in [-0.3, -0.25) is 4.79 Å². The van der Waals surface area contributed by atoms with E-state index in [1.54, 1.807) is 19.1 Å². The van der Waals surface area contributed by atoms with Crippen molar-refractivity contribution in [1.82, 2.24) is 14.9 Å². The number of ether oxygens (including phenoxy) is 1. The van der Waals surface area contributed by atoms with E-state index in [4.69, 9.17) is 4.74 Å². The highest BCUT2D eigenvalue weighted by Crippen LogP contribution is 2.27. The lowest BCUT2D eigenvalue weighted by Crippen LogP contribution is -2.54. The maximum Gasteiger partial charge on any atom is 0.224 e. The quantitative estimate of drug-likeness (QED) is 0.576. The Morgan fingerprint density at radius 3 is 2.69 bits per heavy atom. The molecule has 1 atom stereocenters. The molecule has 0 N–H and O–H groups in total. The van der Waals surface area contributed by atoms with E-state index in [9.17, 15) is 9.18 Å². The molecule has 2 heterocycles. The number of hydrogen-bond donors (Lipinski definition) is 0. The standard InChI is InChI=1S/C25H27FN4O2/c1-18-14-21(26)9-10-22(18)32-24-15-23(27-17-28-24)29-12-13-30(19(2)16-29)25(31)11-8-20-6-4-3-5-7-20/h3-7,9-10,14-15,17,19H,8,11-13,16H2,1-2H3/t19-/m0/s1. The number of rotatable bonds is 6. The summed E-state index contributed by atoms with van der Waals surface area (Å²) < 4.78 is 19.2. The number of aromatic nitrogens is 2. The van der Waals surface area contributed by atoms with Gasteiger partial charge in [0.25, 0.3) is 0 Å². The second-order valence-electron chi connectivity index (χ2n) is 8.09. The van der Waals surface area contributed by atoms with Crippen molar-refractivity contribution < 1.29 is 13.9 Å². The lowest BCUT2D eigenvalue weighted by Gasteiger charge is -2.40. The molecule has 2 aromatic carbocycles. The van der Waals surface area contributed by atoms with Gasteiger partial charge in [-0.25, -0.2) is 14.4 Å². The van der Waals surface area contributed by atoms with Crippen molar-refractivity contribution in [3.8, 4) is 11.6 Å². The SMILES string of the molecule is Cc1cc(F)ccc1Oc1cc(N2CCN(C(=O)CCc3ccccc3)[C@@H](C)C2)ncn1. The maximum absolute atomic E-state index is 13.3. The average molecular weight is 435 g/mol. The van der Waals surface area contributed by atoms with Gasteiger partial charge in [-0.2, -0.15) is 0 Å². The lowest BCUT2D eigenvalue weighted by atomic mass is 10.1. The van der Waals surface area contributed by atoms with Crippen LogP contribution in [-0.2, 0) is 11.2 Å². The molecule has 0 unspecified atom stereocenters. The zero-order valence-electron chi connectivity index (χ0n) is 18.4. The highest BCUT2D eigenvalue weighted by molar-refractivity contribution is 5.77. The predicted molar refractivity (Wildman–Crippen MR) is 121 cm³/mol. The van der Waals surface area contributed by atoms with Crippen LogP contribution in [0.2, 0.25) is 0 Å². The summed E-state index contributed by atoms with van der Waals surface area (Å²) in [4.78, 5) is 25.5. The number of amides is 1. The summed E-state index contributed by atoms with van der Waals surface area (Å²) in [5, 5.41) is 0. The molecule has 0 saturated carbocycles. The molecule has 166 valence electrons. The van der Waals surface area contributed by atoms with E-state index in [0.717, 1.165) is 12.2 Å². The molecule has 1 aromatic heterocycles. The van der Waals surface area contributed by atoms with Gasteiger partial charge in [0.1, 0.15) is 23.7 Å². The van der Waals surface area contributed by atoms with Crippen LogP contribution < -0.4 is 9.64 Å². The smallest absolute Gasteiger partial charge is 0.224 e. The van der Waals surface area contributed by atoms with Gasteiger partial charge in [-0.15, -0.1) is 0 Å². The number of piperazine rings is 1. The van der Waals surface area contributed by atoms with Crippen molar-refractivity contribution in [3.63, 3.8) is 0 Å². The highest BCUT2D eigenvalue weighted by atomic mass is 19.1. The van der Waals surface area contributed by atoms with Crippen molar-refractivity contribution in [3.05, 3.63) is 77.9 Å². The van der Waals surface area contributed by atoms with E-state index < -0.39 is 0 Å². The first-order chi connectivity index (χ1) is 15.5. The lowest BCUT2D eigenvalue weighted by molar-refractivity contribution is -0.133. The van der Waals surface area contributed by atoms with Crippen LogP contribution in [0.5, 0.6) is 11.6 Å². The van der Waals surface area contributed by atoms with E-state index in [0.29, 0.717) is 43.2 Å². The molecule has 1 aliphatic rings. The zero-order valence-corrected chi connectivity index (χ0v) is 18.4. The van der Waals surface area contributed by atoms with Crippen molar-refractivity contribution in [2.75, 3.05) is 24.5 Å². The molecule has 1 saturated heterocycles. The first kappa shape index (κ1) is 21.7. The maximum atomic E-state index is 13.3. The second-order valence-corrected chi connectivity index (χ2v) is 8.09. The Morgan fingerprint density at radius 2 is 1.94 bits per heavy atom. The average Bonchev–Trinajstić information content (AvgIpc) is 2.80. The van der Waals surface area contributed by atoms with Crippen LogP contribution in [0.1, 0.15) is 24.5 Å². The van der Waals surface area contributed by atoms with Gasteiger partial charge in [0.2, 0.25) is 11.8 Å². The van der Waals surface area contributed by atoms with Gasteiger partial charge in [0, 0.05) is 38.2 Å². The third-order valence-electron chi connectivity index (χ3n) is 5.72. The number of benzene rings is 2. The summed E-state index contributed by atoms with van der Waals surface area (Å²) in [6.07, 6.45) is 2.73. The fraction of sp³-hybridized carbons (Fsp3) is 0.320. The monoisotopic (exact) mass is 434 g/mol. The molecule has 0 spiro atoms. The van der Waals surface area contributed by atoms with Crippen molar-refractivity contribution in [2.24, 2.45) is 0 Å². The molecule has 0 aliphatic carbocycles. The fourth-order valence-electron chi connectivity index (χ4n) is 3.97. The highest BCUT2D eigenvalue weighted by Gasteiger charge is 2.28. The third kappa shape index (κ3) is 5.22. The number of anilines is 1. The molecule has 32 heavy (non-hydrogen) atoms. The summed E-state index contributed by atoms with van der Waals surface area (Å²) in [6, 6.07) is 16.3. The fourth-order valence-corrected chi connectivity index (χ4v) is 3.97. The molecule has 4 rings (SSSR count). The minimum Gasteiger partial charge on any atom is -0.439 e. The molecule has 6 nitrogen and oxygen atoms in total. The molecule has 1 fully saturated rings. The van der Waals surface area contributed by atoms with Gasteiger partial charge in [-0.05, 0) is 49.6 Å². The predicted octanol–water partition coefficient (Wildman–Crippen LogP) is 4.39. The summed E-state index contributed by atoms with van der Waals surface area (Å²) in [6.45, 7) is 5.87. The number of halogens is 1. The molecule has 1 aliphatic heterocycles. The van der Waals surface area contributed by atoms with Gasteiger partial charge < -0.3 is 14.5 Å². The summed E-state index contributed by atoms with van der Waals surface area (Å²) >= 11 is 0. The van der Waals surface area contributed by atoms with E-state index in [1.807, 2.05) is 23.1 Å². The summed E-state index contributed by atoms with van der Waals surface area (Å²) in [5.41, 5.74) is 1.87. The number of carbonyl (C=O) groups excluding carboxylic acids is 1. The largest absolute Gasteiger partial charge is 0.439 e. The van der Waals surface area contributed by atoms with Crippen LogP contribution in [0.4, 0.5) is 10.2 Å². The number of aryl methyl sites for hydroxylation is 2. The molecular formula is C25H27FN4O2. The van der Waals surface area contributed by atoms with Crippen LogP contribution in [0.15, 0.2) is 60.9 Å². The first-order valence-electron chi connectivity index (χ1n) is 10.8. The number of hydrogen-bond acceptors (Lipinski definition) is 5. The van der Waals surface area contributed by atoms with Gasteiger partial charge in [-0.1, -0.05) is 30.3 Å². The van der Waals surface area contributed by atoms with Crippen LogP contribution >= 0.6 is 0 Å². The van der Waals surface area contributed by atoms with Crippen LogP contribution in [0.25, 0.3) is 0 Å². The van der Waals surface area contributed by atoms with E-state index >= 15 is 0 Å². The van der Waals surface area contributed by atoms with E-state index in [1.165, 1.54) is 24.0 Å². The third-order valence-corrected chi connectivity index (χ3v) is 5.72. The zero-order chi connectivity index (χ0) is 22.5. The van der Waals surface area contributed by atoms with Crippen molar-refractivity contribution in [1.29, 1.82) is 0 Å². The topological polar surface area (TPSA) is 58.6 Å². The molecule has 7 heteroatoms. The second kappa shape index (κ2) is 9.77. The molecule has 0 radical (unpaired) electrons. The Kier molecular flexibility index (Phi) is 6.63. The summed E-state index contributed by atoms with van der Waals surface area (Å²) in [7, 11) is 0. The first-order valence-corrected chi connectivity index (χ1v) is 10.8. The van der Waals surface area contributed by atoms with Crippen LogP contribution in [0.3, 0.4) is 0 Å². The summed E-state index contributed by atoms with van der Waals surface area (Å²) in [5.74, 6) is 1.58. The van der Waals surface area contributed by atoms with E-state index in [2.05, 4.69) is 33.9 Å². The molecule has 1 amide bonds. The number of nitrogens with zero attached hydrogens (tertiary/aromatic N) is 4. The van der Waals surface area contributed by atoms with Crippen LogP contribution in [0, 0.1) is 12.7 Å². The van der Waals surface area contributed by atoms with Gasteiger partial charge >= 0.3 is 0 Å².